The standard InChI is InChI=1S/C16H13ClN2O6S/c1-19-13-6-4-10(8-14(13)25-16(19)21)26(22,23)18-12-7-9(15(20)24-2)3-5-11(12)17/h3-8,18H,1-2H3. The minimum atomic E-state index is -4.04. The van der Waals surface area contributed by atoms with Crippen LogP contribution in [-0.2, 0) is 21.8 Å². The number of sulfonamides is 1. The number of carbonyl (C=O) groups excluding carboxylic acids is 1. The van der Waals surface area contributed by atoms with Crippen LogP contribution in [0.2, 0.25) is 5.02 Å². The van der Waals surface area contributed by atoms with Crippen LogP contribution in [-0.4, -0.2) is 26.1 Å². The third-order valence-corrected chi connectivity index (χ3v) is 5.40. The molecule has 8 nitrogen and oxygen atoms in total. The van der Waals surface area contributed by atoms with E-state index in [9.17, 15) is 18.0 Å². The van der Waals surface area contributed by atoms with E-state index in [2.05, 4.69) is 9.46 Å². The van der Waals surface area contributed by atoms with Gasteiger partial charge in [0.1, 0.15) is 0 Å². The summed E-state index contributed by atoms with van der Waals surface area (Å²) in [7, 11) is -1.31. The predicted octanol–water partition coefficient (Wildman–Crippen LogP) is 2.37. The lowest BCUT2D eigenvalue weighted by Gasteiger charge is -2.11. The minimum Gasteiger partial charge on any atom is -0.465 e. The minimum absolute atomic E-state index is 0.0178. The van der Waals surface area contributed by atoms with Crippen LogP contribution in [0.3, 0.4) is 0 Å². The molecule has 136 valence electrons. The molecule has 10 heteroatoms. The molecule has 0 aliphatic heterocycles. The third kappa shape index (κ3) is 3.18. The van der Waals surface area contributed by atoms with E-state index in [1.54, 1.807) is 0 Å². The number of aromatic nitrogens is 1. The Balaban J connectivity index is 2.01. The maximum absolute atomic E-state index is 12.6. The summed E-state index contributed by atoms with van der Waals surface area (Å²) in [5.41, 5.74) is 0.748. The molecule has 1 heterocycles. The number of hydrogen-bond donors (Lipinski definition) is 1. The van der Waals surface area contributed by atoms with Crippen molar-refractivity contribution in [1.82, 2.24) is 4.57 Å². The number of carbonyl (C=O) groups is 1. The van der Waals surface area contributed by atoms with Gasteiger partial charge in [0.15, 0.2) is 5.58 Å². The molecule has 2 aromatic carbocycles. The predicted molar refractivity (Wildman–Crippen MR) is 95.1 cm³/mol. The lowest BCUT2D eigenvalue weighted by molar-refractivity contribution is 0.0601. The number of fused-ring (bicyclic) bond motifs is 1. The van der Waals surface area contributed by atoms with Gasteiger partial charge in [0.25, 0.3) is 10.0 Å². The summed E-state index contributed by atoms with van der Waals surface area (Å²) in [5.74, 6) is -1.23. The number of oxazole rings is 1. The molecule has 0 spiro atoms. The Kier molecular flexibility index (Phi) is 4.51. The summed E-state index contributed by atoms with van der Waals surface area (Å²) < 4.78 is 38.4. The van der Waals surface area contributed by atoms with Crippen LogP contribution < -0.4 is 10.5 Å². The van der Waals surface area contributed by atoms with E-state index in [1.165, 1.54) is 55.1 Å². The van der Waals surface area contributed by atoms with Crippen LogP contribution in [0, 0.1) is 0 Å². The molecule has 0 saturated carbocycles. The quantitative estimate of drug-likeness (QED) is 0.678. The van der Waals surface area contributed by atoms with Crippen LogP contribution >= 0.6 is 11.6 Å². The molecule has 0 amide bonds. The molecule has 0 radical (unpaired) electrons. The highest BCUT2D eigenvalue weighted by Crippen LogP contribution is 2.27. The Morgan fingerprint density at radius 3 is 2.65 bits per heavy atom. The second-order valence-corrected chi connectivity index (χ2v) is 7.44. The van der Waals surface area contributed by atoms with Gasteiger partial charge in [-0.3, -0.25) is 9.29 Å². The first kappa shape index (κ1) is 18.0. The number of hydrogen-bond acceptors (Lipinski definition) is 6. The summed E-state index contributed by atoms with van der Waals surface area (Å²) in [6, 6.07) is 8.09. The van der Waals surface area contributed by atoms with Gasteiger partial charge in [-0.05, 0) is 30.3 Å². The summed E-state index contributed by atoms with van der Waals surface area (Å²) in [6.45, 7) is 0. The van der Waals surface area contributed by atoms with Crippen molar-refractivity contribution >= 4 is 44.4 Å². The van der Waals surface area contributed by atoms with Crippen molar-refractivity contribution in [3.05, 3.63) is 57.5 Å². The molecule has 26 heavy (non-hydrogen) atoms. The van der Waals surface area contributed by atoms with Gasteiger partial charge >= 0.3 is 11.7 Å². The SMILES string of the molecule is COC(=O)c1ccc(Cl)c(NS(=O)(=O)c2ccc3c(c2)oc(=O)n3C)c1. The van der Waals surface area contributed by atoms with Gasteiger partial charge < -0.3 is 9.15 Å². The van der Waals surface area contributed by atoms with Crippen molar-refractivity contribution in [3.63, 3.8) is 0 Å². The molecule has 0 aliphatic rings. The number of esters is 1. The Morgan fingerprint density at radius 2 is 1.96 bits per heavy atom. The van der Waals surface area contributed by atoms with E-state index in [1.807, 2.05) is 0 Å². The third-order valence-electron chi connectivity index (χ3n) is 3.71. The Hall–Kier alpha value is -2.78. The van der Waals surface area contributed by atoms with Crippen LogP contribution in [0.15, 0.2) is 50.5 Å². The summed E-state index contributed by atoms with van der Waals surface area (Å²) in [6.07, 6.45) is 0. The topological polar surface area (TPSA) is 108 Å². The Labute approximate surface area is 153 Å². The second kappa shape index (κ2) is 6.50. The zero-order valence-corrected chi connectivity index (χ0v) is 15.2. The molecule has 0 unspecified atom stereocenters. The first-order valence-corrected chi connectivity index (χ1v) is 9.09. The molecule has 0 fully saturated rings. The smallest absolute Gasteiger partial charge is 0.419 e. The first-order chi connectivity index (χ1) is 12.2. The van der Waals surface area contributed by atoms with Crippen LogP contribution in [0.25, 0.3) is 11.1 Å². The van der Waals surface area contributed by atoms with Gasteiger partial charge in [0.2, 0.25) is 0 Å². The van der Waals surface area contributed by atoms with Gasteiger partial charge in [0, 0.05) is 13.1 Å². The van der Waals surface area contributed by atoms with E-state index in [4.69, 9.17) is 16.0 Å². The number of ether oxygens (including phenoxy) is 1. The normalized spacial score (nSPS) is 11.5. The molecule has 1 aromatic heterocycles. The van der Waals surface area contributed by atoms with E-state index < -0.39 is 21.7 Å². The number of rotatable bonds is 4. The number of anilines is 1. The van der Waals surface area contributed by atoms with Gasteiger partial charge in [-0.15, -0.1) is 0 Å². The fourth-order valence-corrected chi connectivity index (χ4v) is 3.64. The van der Waals surface area contributed by atoms with Gasteiger partial charge in [-0.2, -0.15) is 0 Å². The van der Waals surface area contributed by atoms with Gasteiger partial charge in [-0.1, -0.05) is 11.6 Å². The van der Waals surface area contributed by atoms with E-state index in [0.717, 1.165) is 0 Å². The number of aryl methyl sites for hydroxylation is 1. The first-order valence-electron chi connectivity index (χ1n) is 7.23. The van der Waals surface area contributed by atoms with E-state index in [-0.39, 0.29) is 26.8 Å². The van der Waals surface area contributed by atoms with Crippen molar-refractivity contribution in [2.24, 2.45) is 7.05 Å². The summed E-state index contributed by atoms with van der Waals surface area (Å²) in [5, 5.41) is 0.105. The largest absolute Gasteiger partial charge is 0.465 e. The monoisotopic (exact) mass is 396 g/mol. The average molecular weight is 397 g/mol. The number of halogens is 1. The maximum atomic E-state index is 12.6. The average Bonchev–Trinajstić information content (AvgIpc) is 2.89. The van der Waals surface area contributed by atoms with Crippen molar-refractivity contribution in [2.75, 3.05) is 11.8 Å². The highest BCUT2D eigenvalue weighted by molar-refractivity contribution is 7.92. The fraction of sp³-hybridized carbons (Fsp3) is 0.125. The lowest BCUT2D eigenvalue weighted by atomic mass is 10.2. The molecule has 0 atom stereocenters. The molecular formula is C16H13ClN2O6S. The highest BCUT2D eigenvalue weighted by atomic mass is 35.5. The van der Waals surface area contributed by atoms with Crippen molar-refractivity contribution in [3.8, 4) is 0 Å². The highest BCUT2D eigenvalue weighted by Gasteiger charge is 2.19. The molecule has 0 saturated heterocycles. The zero-order chi connectivity index (χ0) is 19.1. The number of methoxy groups -OCH3 is 1. The van der Waals surface area contributed by atoms with Gasteiger partial charge in [0.05, 0.1) is 33.8 Å². The lowest BCUT2D eigenvalue weighted by Crippen LogP contribution is -2.14. The number of benzene rings is 2. The molecule has 3 aromatic rings. The van der Waals surface area contributed by atoms with Gasteiger partial charge in [-0.25, -0.2) is 18.0 Å². The molecule has 3 rings (SSSR count). The number of nitrogens with zero attached hydrogens (tertiary/aromatic N) is 1. The van der Waals surface area contributed by atoms with E-state index in [0.29, 0.717) is 5.52 Å². The van der Waals surface area contributed by atoms with E-state index >= 15 is 0 Å². The van der Waals surface area contributed by atoms with Crippen LogP contribution in [0.1, 0.15) is 10.4 Å². The second-order valence-electron chi connectivity index (χ2n) is 5.35. The molecule has 1 N–H and O–H groups in total. The summed E-state index contributed by atoms with van der Waals surface area (Å²) >= 11 is 6.01. The van der Waals surface area contributed by atoms with Crippen molar-refractivity contribution in [1.29, 1.82) is 0 Å². The van der Waals surface area contributed by atoms with Crippen LogP contribution in [0.5, 0.6) is 0 Å². The number of nitrogens with one attached hydrogen (secondary N) is 1. The molecule has 0 aliphatic carbocycles. The maximum Gasteiger partial charge on any atom is 0.419 e. The van der Waals surface area contributed by atoms with Crippen LogP contribution in [0.4, 0.5) is 5.69 Å². The Morgan fingerprint density at radius 1 is 1.23 bits per heavy atom. The van der Waals surface area contributed by atoms with Crippen molar-refractivity contribution < 1.29 is 22.4 Å². The molecule has 0 bridgehead atoms. The fourth-order valence-electron chi connectivity index (χ4n) is 2.33. The van der Waals surface area contributed by atoms with Crippen molar-refractivity contribution in [2.45, 2.75) is 4.90 Å². The summed E-state index contributed by atoms with van der Waals surface area (Å²) in [4.78, 5) is 23.0. The zero-order valence-electron chi connectivity index (χ0n) is 13.6. The Bertz CT molecular complexity index is 1180. The molecular weight excluding hydrogens is 384 g/mol.